The zero-order valence-corrected chi connectivity index (χ0v) is 16.5. The van der Waals surface area contributed by atoms with E-state index in [0.717, 1.165) is 26.2 Å². The van der Waals surface area contributed by atoms with Crippen molar-refractivity contribution in [3.05, 3.63) is 0 Å². The van der Waals surface area contributed by atoms with Gasteiger partial charge in [0.1, 0.15) is 18.3 Å². The summed E-state index contributed by atoms with van der Waals surface area (Å²) >= 11 is 0. The van der Waals surface area contributed by atoms with Crippen molar-refractivity contribution >= 4 is 11.9 Å². The molecule has 0 saturated heterocycles. The van der Waals surface area contributed by atoms with E-state index in [2.05, 4.69) is 11.7 Å². The van der Waals surface area contributed by atoms with Crippen molar-refractivity contribution in [1.29, 1.82) is 0 Å². The summed E-state index contributed by atoms with van der Waals surface area (Å²) in [6.07, 6.45) is 3.74. The lowest BCUT2D eigenvalue weighted by molar-refractivity contribution is -0.194. The molecule has 0 spiro atoms. The van der Waals surface area contributed by atoms with E-state index in [1.165, 1.54) is 32.1 Å². The molecule has 0 aliphatic carbocycles. The Bertz CT molecular complexity index is 424. The summed E-state index contributed by atoms with van der Waals surface area (Å²) < 4.78 is 4.53. The number of aliphatic hydroxyl groups excluding tert-OH is 4. The highest BCUT2D eigenvalue weighted by Gasteiger charge is 2.46. The third-order valence-electron chi connectivity index (χ3n) is 4.58. The normalized spacial score (nSPS) is 17.0. The van der Waals surface area contributed by atoms with Gasteiger partial charge in [-0.25, -0.2) is 4.79 Å². The van der Waals surface area contributed by atoms with E-state index < -0.39 is 42.5 Å². The van der Waals surface area contributed by atoms with Gasteiger partial charge in [0.25, 0.3) is 0 Å². The summed E-state index contributed by atoms with van der Waals surface area (Å²) in [5.74, 6) is -2.24. The van der Waals surface area contributed by atoms with Gasteiger partial charge >= 0.3 is 11.9 Å². The van der Waals surface area contributed by atoms with Crippen LogP contribution in [0.2, 0.25) is 0 Å². The van der Waals surface area contributed by atoms with Gasteiger partial charge in [-0.15, -0.1) is 0 Å². The molecule has 27 heavy (non-hydrogen) atoms. The van der Waals surface area contributed by atoms with Gasteiger partial charge in [0, 0.05) is 6.42 Å². The maximum Gasteiger partial charge on any atom is 0.348 e. The molecule has 8 heteroatoms. The number of ether oxygens (including phenoxy) is 1. The molecule has 0 bridgehead atoms. The second-order valence-corrected chi connectivity index (χ2v) is 7.17. The first-order chi connectivity index (χ1) is 12.7. The monoisotopic (exact) mass is 392 g/mol. The average Bonchev–Trinajstić information content (AvgIpc) is 2.64. The highest BCUT2D eigenvalue weighted by Crippen LogP contribution is 2.18. The van der Waals surface area contributed by atoms with E-state index in [1.54, 1.807) is 0 Å². The molecule has 0 aliphatic heterocycles. The first-order valence-corrected chi connectivity index (χ1v) is 9.81. The number of aliphatic hydroxyl groups is 5. The Labute approximate surface area is 161 Å². The van der Waals surface area contributed by atoms with Gasteiger partial charge in [-0.3, -0.25) is 4.79 Å². The fourth-order valence-electron chi connectivity index (χ4n) is 2.61. The Morgan fingerprint density at radius 1 is 0.926 bits per heavy atom. The topological polar surface area (TPSA) is 145 Å². The molecule has 0 aromatic carbocycles. The fraction of sp³-hybridized carbons (Fsp3) is 0.895. The molecule has 5 N–H and O–H groups in total. The maximum absolute atomic E-state index is 11.9. The Balaban J connectivity index is 4.10. The van der Waals surface area contributed by atoms with Crippen LogP contribution < -0.4 is 0 Å². The standard InChI is InChI=1S/C19H36O8/c1-3-4-5-6-7-8-9-10-11-12-15(22)27-18(25)19(2,26)17(24)16(23)14(21)13-20/h14,16-17,20-21,23-24,26H,3-13H2,1-2H3. The Kier molecular flexibility index (Phi) is 13.5. The first kappa shape index (κ1) is 25.9. The lowest BCUT2D eigenvalue weighted by Gasteiger charge is -2.31. The number of carbonyl (C=O) groups is 2. The van der Waals surface area contributed by atoms with E-state index in [0.29, 0.717) is 6.42 Å². The predicted octanol–water partition coefficient (Wildman–Crippen LogP) is 0.803. The van der Waals surface area contributed by atoms with Crippen LogP contribution in [0.5, 0.6) is 0 Å². The van der Waals surface area contributed by atoms with Crippen LogP contribution in [0, 0.1) is 0 Å². The molecule has 4 atom stereocenters. The average molecular weight is 392 g/mol. The minimum absolute atomic E-state index is 0.00949. The maximum atomic E-state index is 11.9. The molecular weight excluding hydrogens is 356 g/mol. The molecule has 0 saturated carbocycles. The second kappa shape index (κ2) is 14.0. The third kappa shape index (κ3) is 10.2. The van der Waals surface area contributed by atoms with Crippen LogP contribution in [-0.2, 0) is 14.3 Å². The molecule has 0 rings (SSSR count). The van der Waals surface area contributed by atoms with E-state index in [9.17, 15) is 30.0 Å². The quantitative estimate of drug-likeness (QED) is 0.156. The fourth-order valence-corrected chi connectivity index (χ4v) is 2.61. The van der Waals surface area contributed by atoms with Gasteiger partial charge in [0.2, 0.25) is 0 Å². The van der Waals surface area contributed by atoms with Crippen LogP contribution in [0.25, 0.3) is 0 Å². The molecule has 0 radical (unpaired) electrons. The number of rotatable bonds is 15. The van der Waals surface area contributed by atoms with Crippen molar-refractivity contribution < 1.29 is 39.9 Å². The van der Waals surface area contributed by atoms with Gasteiger partial charge in [-0.05, 0) is 13.3 Å². The van der Waals surface area contributed by atoms with Crippen molar-refractivity contribution in [2.45, 2.75) is 102 Å². The van der Waals surface area contributed by atoms with Gasteiger partial charge < -0.3 is 30.3 Å². The summed E-state index contributed by atoms with van der Waals surface area (Å²) in [4.78, 5) is 23.6. The SMILES string of the molecule is CCCCCCCCCCCC(=O)OC(=O)C(C)(O)C(O)C(O)C(O)CO. The Morgan fingerprint density at radius 3 is 1.89 bits per heavy atom. The van der Waals surface area contributed by atoms with Crippen molar-refractivity contribution in [3.63, 3.8) is 0 Å². The van der Waals surface area contributed by atoms with Crippen LogP contribution >= 0.6 is 0 Å². The van der Waals surface area contributed by atoms with Crippen LogP contribution in [-0.4, -0.2) is 68.0 Å². The predicted molar refractivity (Wildman–Crippen MR) is 98.7 cm³/mol. The lowest BCUT2D eigenvalue weighted by Crippen LogP contribution is -2.57. The molecule has 0 aromatic heterocycles. The van der Waals surface area contributed by atoms with Crippen molar-refractivity contribution in [2.75, 3.05) is 6.61 Å². The van der Waals surface area contributed by atoms with Gasteiger partial charge in [0.05, 0.1) is 6.61 Å². The molecule has 0 aliphatic rings. The number of esters is 2. The number of hydrogen-bond acceptors (Lipinski definition) is 8. The molecule has 0 heterocycles. The minimum atomic E-state index is -2.61. The molecular formula is C19H36O8. The molecule has 8 nitrogen and oxygen atoms in total. The summed E-state index contributed by atoms with van der Waals surface area (Å²) in [6, 6.07) is 0. The smallest absolute Gasteiger partial charge is 0.348 e. The van der Waals surface area contributed by atoms with Crippen molar-refractivity contribution in [2.24, 2.45) is 0 Å². The molecule has 0 aromatic rings. The van der Waals surface area contributed by atoms with E-state index in [1.807, 2.05) is 0 Å². The number of hydrogen-bond donors (Lipinski definition) is 5. The summed E-state index contributed by atoms with van der Waals surface area (Å²) in [6.45, 7) is 2.16. The highest BCUT2D eigenvalue weighted by molar-refractivity contribution is 5.90. The highest BCUT2D eigenvalue weighted by atomic mass is 16.6. The van der Waals surface area contributed by atoms with Gasteiger partial charge in [-0.1, -0.05) is 58.3 Å². The van der Waals surface area contributed by atoms with Crippen LogP contribution in [0.15, 0.2) is 0 Å². The number of carbonyl (C=O) groups excluding carboxylic acids is 2. The molecule has 4 unspecified atom stereocenters. The second-order valence-electron chi connectivity index (χ2n) is 7.17. The Hall–Kier alpha value is -1.06. The largest absolute Gasteiger partial charge is 0.394 e. The summed E-state index contributed by atoms with van der Waals surface area (Å²) in [5, 5.41) is 47.4. The van der Waals surface area contributed by atoms with E-state index >= 15 is 0 Å². The van der Waals surface area contributed by atoms with Crippen LogP contribution in [0.4, 0.5) is 0 Å². The van der Waals surface area contributed by atoms with Crippen LogP contribution in [0.3, 0.4) is 0 Å². The van der Waals surface area contributed by atoms with E-state index in [-0.39, 0.29) is 6.42 Å². The van der Waals surface area contributed by atoms with Crippen molar-refractivity contribution in [3.8, 4) is 0 Å². The van der Waals surface area contributed by atoms with Crippen molar-refractivity contribution in [1.82, 2.24) is 0 Å². The lowest BCUT2D eigenvalue weighted by atomic mass is 9.92. The first-order valence-electron chi connectivity index (χ1n) is 9.81. The minimum Gasteiger partial charge on any atom is -0.394 e. The summed E-state index contributed by atoms with van der Waals surface area (Å²) in [7, 11) is 0. The Morgan fingerprint density at radius 2 is 1.41 bits per heavy atom. The molecule has 0 amide bonds. The van der Waals surface area contributed by atoms with Gasteiger partial charge in [0.15, 0.2) is 5.60 Å². The molecule has 0 fully saturated rings. The molecule has 160 valence electrons. The van der Waals surface area contributed by atoms with Crippen LogP contribution in [0.1, 0.15) is 78.1 Å². The third-order valence-corrected chi connectivity index (χ3v) is 4.58. The number of unbranched alkanes of at least 4 members (excludes halogenated alkanes) is 8. The zero-order chi connectivity index (χ0) is 20.9. The van der Waals surface area contributed by atoms with E-state index in [4.69, 9.17) is 5.11 Å². The summed E-state index contributed by atoms with van der Waals surface area (Å²) in [5.41, 5.74) is -2.61. The van der Waals surface area contributed by atoms with Gasteiger partial charge in [-0.2, -0.15) is 0 Å². The zero-order valence-electron chi connectivity index (χ0n) is 16.5.